The van der Waals surface area contributed by atoms with Crippen molar-refractivity contribution in [2.75, 3.05) is 0 Å². The van der Waals surface area contributed by atoms with E-state index in [0.717, 1.165) is 17.8 Å². The summed E-state index contributed by atoms with van der Waals surface area (Å²) in [5.74, 6) is 0. The molecule has 1 heterocycles. The normalized spacial score (nSPS) is 11.8. The van der Waals surface area contributed by atoms with Crippen LogP contribution in [0.2, 0.25) is 0 Å². The molecule has 0 spiro atoms. The van der Waals surface area contributed by atoms with Gasteiger partial charge in [0.1, 0.15) is 6.33 Å². The lowest BCUT2D eigenvalue weighted by Gasteiger charge is -2.10. The van der Waals surface area contributed by atoms with Crippen LogP contribution in [0.15, 0.2) is 78.0 Å². The first kappa shape index (κ1) is 18.4. The molecule has 0 fully saturated rings. The van der Waals surface area contributed by atoms with E-state index in [1.807, 2.05) is 36.4 Å². The molecule has 0 aliphatic heterocycles. The molecule has 0 amide bonds. The van der Waals surface area contributed by atoms with Gasteiger partial charge in [-0.05, 0) is 42.0 Å². The fourth-order valence-electron chi connectivity index (χ4n) is 2.96. The molecule has 4 nitrogen and oxygen atoms in total. The molecule has 0 aliphatic carbocycles. The first-order valence-corrected chi connectivity index (χ1v) is 8.64. The van der Waals surface area contributed by atoms with Crippen molar-refractivity contribution in [1.29, 1.82) is 5.26 Å². The van der Waals surface area contributed by atoms with E-state index in [-0.39, 0.29) is 11.2 Å². The summed E-state index contributed by atoms with van der Waals surface area (Å²) in [7, 11) is 0. The average molecular weight is 390 g/mol. The maximum Gasteiger partial charge on any atom is 0.416 e. The number of nitrogens with zero attached hydrogens (tertiary/aromatic N) is 4. The van der Waals surface area contributed by atoms with Gasteiger partial charge < -0.3 is 0 Å². The van der Waals surface area contributed by atoms with E-state index >= 15 is 0 Å². The zero-order valence-electron chi connectivity index (χ0n) is 14.9. The second-order valence-electron chi connectivity index (χ2n) is 6.30. The monoisotopic (exact) mass is 390 g/mol. The van der Waals surface area contributed by atoms with E-state index in [4.69, 9.17) is 5.26 Å². The first-order valence-electron chi connectivity index (χ1n) is 8.64. The number of halogens is 3. The maximum absolute atomic E-state index is 13.4. The summed E-state index contributed by atoms with van der Waals surface area (Å²) in [6.45, 7) is 0. The van der Waals surface area contributed by atoms with Gasteiger partial charge in [-0.15, -0.1) is 0 Å². The number of fused-ring (bicyclic) bond motifs is 1. The van der Waals surface area contributed by atoms with Gasteiger partial charge in [0.15, 0.2) is 0 Å². The molecule has 7 heteroatoms. The summed E-state index contributed by atoms with van der Waals surface area (Å²) < 4.78 is 41.8. The van der Waals surface area contributed by atoms with E-state index in [2.05, 4.69) is 9.98 Å². The lowest BCUT2D eigenvalue weighted by atomic mass is 10.1. The van der Waals surface area contributed by atoms with E-state index < -0.39 is 11.7 Å². The number of hydrogen-bond donors (Lipinski definition) is 0. The quantitative estimate of drug-likeness (QED) is 0.424. The minimum Gasteiger partial charge on any atom is -0.297 e. The number of aromatic nitrogens is 2. The molecule has 4 aromatic rings. The third-order valence-corrected chi connectivity index (χ3v) is 4.38. The summed E-state index contributed by atoms with van der Waals surface area (Å²) >= 11 is 0. The number of alkyl halides is 3. The lowest BCUT2D eigenvalue weighted by molar-refractivity contribution is -0.137. The predicted octanol–water partition coefficient (Wildman–Crippen LogP) is 5.67. The summed E-state index contributed by atoms with van der Waals surface area (Å²) in [6.07, 6.45) is -1.55. The van der Waals surface area contributed by atoms with Crippen molar-refractivity contribution in [2.24, 2.45) is 4.99 Å². The van der Waals surface area contributed by atoms with Gasteiger partial charge in [0.25, 0.3) is 0 Å². The lowest BCUT2D eigenvalue weighted by Crippen LogP contribution is -2.05. The molecular weight excluding hydrogens is 377 g/mol. The minimum absolute atomic E-state index is 0.153. The van der Waals surface area contributed by atoms with E-state index in [0.29, 0.717) is 16.6 Å². The highest BCUT2D eigenvalue weighted by molar-refractivity contribution is 5.93. The molecule has 3 aromatic carbocycles. The van der Waals surface area contributed by atoms with Crippen LogP contribution >= 0.6 is 0 Å². The van der Waals surface area contributed by atoms with Crippen LogP contribution in [-0.2, 0) is 6.18 Å². The first-order chi connectivity index (χ1) is 14.0. The van der Waals surface area contributed by atoms with Gasteiger partial charge in [0, 0.05) is 11.9 Å². The minimum atomic E-state index is -4.51. The van der Waals surface area contributed by atoms with Crippen LogP contribution in [0.5, 0.6) is 0 Å². The maximum atomic E-state index is 13.4. The number of rotatable bonds is 3. The second kappa shape index (κ2) is 7.24. The molecule has 29 heavy (non-hydrogen) atoms. The molecule has 0 saturated heterocycles. The standard InChI is InChI=1S/C22H13F3N4/c23-22(24,25)17-10-19(27-13-16-8-6-15(12-26)7-9-16)21-20(11-17)28-14-29(21)18-4-2-1-3-5-18/h1-11,13-14H/b27-13+. The molecule has 0 N–H and O–H groups in total. The van der Waals surface area contributed by atoms with Gasteiger partial charge in [-0.2, -0.15) is 18.4 Å². The molecule has 0 unspecified atom stereocenters. The predicted molar refractivity (Wildman–Crippen MR) is 104 cm³/mol. The Morgan fingerprint density at radius 1 is 1.00 bits per heavy atom. The third kappa shape index (κ3) is 3.73. The van der Waals surface area contributed by atoms with Crippen molar-refractivity contribution < 1.29 is 13.2 Å². The summed E-state index contributed by atoms with van der Waals surface area (Å²) in [5, 5.41) is 8.88. The number of imidazole rings is 1. The molecule has 4 rings (SSSR count). The summed E-state index contributed by atoms with van der Waals surface area (Å²) in [4.78, 5) is 8.48. The Bertz CT molecular complexity index is 1230. The number of aliphatic imine (C=N–C) groups is 1. The van der Waals surface area contributed by atoms with Crippen LogP contribution < -0.4 is 0 Å². The van der Waals surface area contributed by atoms with Crippen LogP contribution in [0.4, 0.5) is 18.9 Å². The Labute approximate surface area is 164 Å². The van der Waals surface area contributed by atoms with E-state index in [1.165, 1.54) is 12.5 Å². The van der Waals surface area contributed by atoms with Crippen LogP contribution in [0, 0.1) is 11.3 Å². The third-order valence-electron chi connectivity index (χ3n) is 4.38. The molecule has 142 valence electrons. The highest BCUT2D eigenvalue weighted by Crippen LogP contribution is 2.37. The zero-order chi connectivity index (χ0) is 20.4. The average Bonchev–Trinajstić information content (AvgIpc) is 3.17. The van der Waals surface area contributed by atoms with Crippen molar-refractivity contribution in [3.63, 3.8) is 0 Å². The summed E-state index contributed by atoms with van der Waals surface area (Å²) in [5.41, 5.74) is 1.95. The molecular formula is C22H13F3N4. The molecule has 1 aromatic heterocycles. The van der Waals surface area contributed by atoms with E-state index in [1.54, 1.807) is 28.8 Å². The smallest absolute Gasteiger partial charge is 0.297 e. The van der Waals surface area contributed by atoms with Crippen LogP contribution in [0.3, 0.4) is 0 Å². The van der Waals surface area contributed by atoms with Crippen LogP contribution in [0.25, 0.3) is 16.7 Å². The van der Waals surface area contributed by atoms with Crippen molar-refractivity contribution >= 4 is 22.9 Å². The van der Waals surface area contributed by atoms with E-state index in [9.17, 15) is 13.2 Å². The highest BCUT2D eigenvalue weighted by Gasteiger charge is 2.32. The van der Waals surface area contributed by atoms with Crippen molar-refractivity contribution in [2.45, 2.75) is 6.18 Å². The van der Waals surface area contributed by atoms with Gasteiger partial charge in [-0.3, -0.25) is 9.56 Å². The van der Waals surface area contributed by atoms with Gasteiger partial charge in [0.05, 0.1) is 33.9 Å². The topological polar surface area (TPSA) is 54.0 Å². The number of nitriles is 1. The van der Waals surface area contributed by atoms with Gasteiger partial charge in [-0.1, -0.05) is 30.3 Å². The number of hydrogen-bond acceptors (Lipinski definition) is 3. The largest absolute Gasteiger partial charge is 0.416 e. The molecule has 0 aliphatic rings. The Hall–Kier alpha value is -3.92. The Morgan fingerprint density at radius 3 is 2.38 bits per heavy atom. The fraction of sp³-hybridized carbons (Fsp3) is 0.0455. The SMILES string of the molecule is N#Cc1ccc(/C=N/c2cc(C(F)(F)F)cc3ncn(-c4ccccc4)c23)cc1. The number of benzene rings is 3. The van der Waals surface area contributed by atoms with Gasteiger partial charge >= 0.3 is 6.18 Å². The molecule has 0 atom stereocenters. The van der Waals surface area contributed by atoms with Crippen molar-refractivity contribution in [1.82, 2.24) is 9.55 Å². The van der Waals surface area contributed by atoms with Crippen LogP contribution in [0.1, 0.15) is 16.7 Å². The Morgan fingerprint density at radius 2 is 1.72 bits per heavy atom. The Balaban J connectivity index is 1.88. The zero-order valence-corrected chi connectivity index (χ0v) is 14.9. The van der Waals surface area contributed by atoms with Crippen molar-refractivity contribution in [3.8, 4) is 11.8 Å². The Kier molecular flexibility index (Phi) is 4.61. The highest BCUT2D eigenvalue weighted by atomic mass is 19.4. The second-order valence-corrected chi connectivity index (χ2v) is 6.30. The molecule has 0 saturated carbocycles. The molecule has 0 radical (unpaired) electrons. The van der Waals surface area contributed by atoms with Gasteiger partial charge in [0.2, 0.25) is 0 Å². The molecule has 0 bridgehead atoms. The summed E-state index contributed by atoms with van der Waals surface area (Å²) in [6, 6.07) is 19.9. The fourth-order valence-corrected chi connectivity index (χ4v) is 2.96. The number of para-hydroxylation sites is 1. The van der Waals surface area contributed by atoms with Crippen LogP contribution in [-0.4, -0.2) is 15.8 Å². The van der Waals surface area contributed by atoms with Gasteiger partial charge in [-0.25, -0.2) is 4.98 Å². The van der Waals surface area contributed by atoms with Crippen molar-refractivity contribution in [3.05, 3.63) is 89.7 Å².